The van der Waals surface area contributed by atoms with E-state index in [0.717, 1.165) is 22.2 Å². The molecule has 0 spiro atoms. The Morgan fingerprint density at radius 1 is 1.19 bits per heavy atom. The molecule has 0 saturated carbocycles. The highest BCUT2D eigenvalue weighted by Gasteiger charge is 2.22. The molecule has 1 atom stereocenters. The quantitative estimate of drug-likeness (QED) is 0.634. The average molecular weight is 388 g/mol. The van der Waals surface area contributed by atoms with E-state index in [1.165, 1.54) is 23.1 Å². The van der Waals surface area contributed by atoms with Gasteiger partial charge in [-0.1, -0.05) is 42.1 Å². The Hall–Kier alpha value is -2.19. The van der Waals surface area contributed by atoms with E-state index in [1.54, 1.807) is 0 Å². The molecule has 8 heteroatoms. The lowest BCUT2D eigenvalue weighted by molar-refractivity contribution is -0.115. The van der Waals surface area contributed by atoms with E-state index in [1.807, 2.05) is 49.6 Å². The highest BCUT2D eigenvalue weighted by Crippen LogP contribution is 2.30. The van der Waals surface area contributed by atoms with Crippen molar-refractivity contribution in [3.63, 3.8) is 0 Å². The molecule has 1 amide bonds. The molecular formula is C18H21N5OS2. The number of benzene rings is 1. The van der Waals surface area contributed by atoms with E-state index in [9.17, 15) is 4.79 Å². The number of hydrogen-bond donors (Lipinski definition) is 1. The Bertz CT molecular complexity index is 888. The zero-order valence-electron chi connectivity index (χ0n) is 15.1. The van der Waals surface area contributed by atoms with Gasteiger partial charge in [0.25, 0.3) is 0 Å². The molecule has 3 aromatic rings. The first-order valence-corrected chi connectivity index (χ1v) is 10.1. The number of aryl methyl sites for hydroxylation is 1. The predicted octanol–water partition coefficient (Wildman–Crippen LogP) is 4.41. The number of nitrogens with one attached hydrogen (secondary N) is 1. The summed E-state index contributed by atoms with van der Waals surface area (Å²) < 4.78 is 2.07. The van der Waals surface area contributed by atoms with Crippen LogP contribution in [0.2, 0.25) is 0 Å². The zero-order chi connectivity index (χ0) is 18.7. The minimum atomic E-state index is -0.315. The number of carbonyl (C=O) groups is 1. The van der Waals surface area contributed by atoms with Gasteiger partial charge in [-0.2, -0.15) is 0 Å². The van der Waals surface area contributed by atoms with Crippen molar-refractivity contribution in [2.45, 2.75) is 44.1 Å². The second-order valence-corrected chi connectivity index (χ2v) is 8.35. The maximum atomic E-state index is 12.5. The Morgan fingerprint density at radius 2 is 1.92 bits per heavy atom. The number of nitrogens with zero attached hydrogens (tertiary/aromatic N) is 4. The number of thiazole rings is 1. The molecule has 0 radical (unpaired) electrons. The molecule has 0 aliphatic carbocycles. The first-order valence-electron chi connectivity index (χ1n) is 8.35. The standard InChI is InChI=1S/C18H21N5OS2/c1-11(2)23-15(14-8-6-5-7-9-14)21-22-18(23)26-13(4)16(24)20-17-19-12(3)10-25-17/h5-11,13H,1-4H3,(H,19,20,24)/t13-/m0/s1. The van der Waals surface area contributed by atoms with Crippen molar-refractivity contribution in [1.82, 2.24) is 19.7 Å². The van der Waals surface area contributed by atoms with Gasteiger partial charge in [0.2, 0.25) is 5.91 Å². The van der Waals surface area contributed by atoms with Gasteiger partial charge in [0, 0.05) is 17.0 Å². The molecule has 1 N–H and O–H groups in total. The van der Waals surface area contributed by atoms with Crippen LogP contribution in [0.15, 0.2) is 40.9 Å². The highest BCUT2D eigenvalue weighted by atomic mass is 32.2. The lowest BCUT2D eigenvalue weighted by Crippen LogP contribution is -2.23. The third-order valence-electron chi connectivity index (χ3n) is 3.71. The molecule has 136 valence electrons. The van der Waals surface area contributed by atoms with Crippen LogP contribution >= 0.6 is 23.1 Å². The minimum absolute atomic E-state index is 0.0936. The summed E-state index contributed by atoms with van der Waals surface area (Å²) >= 11 is 2.83. The van der Waals surface area contributed by atoms with E-state index in [2.05, 4.69) is 38.9 Å². The van der Waals surface area contributed by atoms with Crippen LogP contribution in [0, 0.1) is 6.92 Å². The molecule has 0 aliphatic rings. The average Bonchev–Trinajstić information content (AvgIpc) is 3.21. The van der Waals surface area contributed by atoms with Crippen molar-refractivity contribution in [2.75, 3.05) is 5.32 Å². The van der Waals surface area contributed by atoms with Gasteiger partial charge in [0.15, 0.2) is 16.1 Å². The highest BCUT2D eigenvalue weighted by molar-refractivity contribution is 8.00. The summed E-state index contributed by atoms with van der Waals surface area (Å²) in [6.45, 7) is 7.94. The fourth-order valence-corrected chi connectivity index (χ4v) is 4.11. The van der Waals surface area contributed by atoms with Crippen LogP contribution in [0.25, 0.3) is 11.4 Å². The number of carbonyl (C=O) groups excluding carboxylic acids is 1. The Kier molecular flexibility index (Phi) is 5.73. The SMILES string of the molecule is Cc1csc(NC(=O)[C@H](C)Sc2nnc(-c3ccccc3)n2C(C)C)n1. The summed E-state index contributed by atoms with van der Waals surface area (Å²) in [5, 5.41) is 14.5. The van der Waals surface area contributed by atoms with Crippen molar-refractivity contribution in [1.29, 1.82) is 0 Å². The van der Waals surface area contributed by atoms with Crippen LogP contribution in [0.1, 0.15) is 32.5 Å². The molecule has 26 heavy (non-hydrogen) atoms. The van der Waals surface area contributed by atoms with Crippen molar-refractivity contribution < 1.29 is 4.79 Å². The molecule has 0 bridgehead atoms. The van der Waals surface area contributed by atoms with Crippen LogP contribution in [-0.4, -0.2) is 30.9 Å². The van der Waals surface area contributed by atoms with Gasteiger partial charge in [-0.25, -0.2) is 4.98 Å². The molecule has 0 aliphatic heterocycles. The number of hydrogen-bond acceptors (Lipinski definition) is 6. The second-order valence-electron chi connectivity index (χ2n) is 6.18. The molecule has 0 fully saturated rings. The number of rotatable bonds is 6. The molecule has 3 rings (SSSR count). The van der Waals surface area contributed by atoms with Gasteiger partial charge in [0.1, 0.15) is 0 Å². The third kappa shape index (κ3) is 4.13. The normalized spacial score (nSPS) is 12.3. The third-order valence-corrected chi connectivity index (χ3v) is 5.65. The monoisotopic (exact) mass is 387 g/mol. The smallest absolute Gasteiger partial charge is 0.239 e. The van der Waals surface area contributed by atoms with Gasteiger partial charge in [-0.3, -0.25) is 9.36 Å². The topological polar surface area (TPSA) is 72.7 Å². The number of anilines is 1. The zero-order valence-corrected chi connectivity index (χ0v) is 16.8. The van der Waals surface area contributed by atoms with Gasteiger partial charge < -0.3 is 5.32 Å². The summed E-state index contributed by atoms with van der Waals surface area (Å²) in [5.41, 5.74) is 1.91. The fourth-order valence-electron chi connectivity index (χ4n) is 2.44. The molecule has 0 unspecified atom stereocenters. The number of amides is 1. The van der Waals surface area contributed by atoms with Crippen molar-refractivity contribution in [2.24, 2.45) is 0 Å². The van der Waals surface area contributed by atoms with Crippen molar-refractivity contribution in [3.8, 4) is 11.4 Å². The summed E-state index contributed by atoms with van der Waals surface area (Å²) in [5.74, 6) is 0.718. The van der Waals surface area contributed by atoms with Crippen LogP contribution in [-0.2, 0) is 4.79 Å². The molecular weight excluding hydrogens is 366 g/mol. The number of thioether (sulfide) groups is 1. The van der Waals surface area contributed by atoms with Crippen LogP contribution in [0.5, 0.6) is 0 Å². The first kappa shape index (κ1) is 18.6. The minimum Gasteiger partial charge on any atom is -0.301 e. The van der Waals surface area contributed by atoms with Gasteiger partial charge in [0.05, 0.1) is 10.9 Å². The maximum absolute atomic E-state index is 12.5. The van der Waals surface area contributed by atoms with E-state index in [0.29, 0.717) is 5.13 Å². The fraction of sp³-hybridized carbons (Fsp3) is 0.333. The summed E-state index contributed by atoms with van der Waals surface area (Å²) in [4.78, 5) is 16.7. The molecule has 0 saturated heterocycles. The Balaban J connectivity index is 1.78. The van der Waals surface area contributed by atoms with Crippen LogP contribution in [0.3, 0.4) is 0 Å². The molecule has 2 aromatic heterocycles. The second kappa shape index (κ2) is 8.01. The van der Waals surface area contributed by atoms with Gasteiger partial charge in [-0.15, -0.1) is 21.5 Å². The van der Waals surface area contributed by atoms with E-state index in [-0.39, 0.29) is 17.2 Å². The summed E-state index contributed by atoms with van der Waals surface area (Å²) in [6, 6.07) is 10.1. The maximum Gasteiger partial charge on any atom is 0.239 e. The summed E-state index contributed by atoms with van der Waals surface area (Å²) in [6.07, 6.45) is 0. The lowest BCUT2D eigenvalue weighted by Gasteiger charge is -2.15. The van der Waals surface area contributed by atoms with E-state index in [4.69, 9.17) is 0 Å². The largest absolute Gasteiger partial charge is 0.301 e. The Labute approximate surface area is 161 Å². The lowest BCUT2D eigenvalue weighted by atomic mass is 10.2. The predicted molar refractivity (Wildman–Crippen MR) is 107 cm³/mol. The van der Waals surface area contributed by atoms with Crippen molar-refractivity contribution in [3.05, 3.63) is 41.4 Å². The van der Waals surface area contributed by atoms with Gasteiger partial charge in [-0.05, 0) is 27.7 Å². The molecule has 1 aromatic carbocycles. The van der Waals surface area contributed by atoms with Crippen LogP contribution in [0.4, 0.5) is 5.13 Å². The Morgan fingerprint density at radius 3 is 2.54 bits per heavy atom. The number of aromatic nitrogens is 4. The molecule has 2 heterocycles. The summed E-state index contributed by atoms with van der Waals surface area (Å²) in [7, 11) is 0. The van der Waals surface area contributed by atoms with Gasteiger partial charge >= 0.3 is 0 Å². The first-order chi connectivity index (χ1) is 12.5. The van der Waals surface area contributed by atoms with E-state index < -0.39 is 0 Å². The van der Waals surface area contributed by atoms with E-state index >= 15 is 0 Å². The van der Waals surface area contributed by atoms with Crippen LogP contribution < -0.4 is 5.32 Å². The molecule has 6 nitrogen and oxygen atoms in total. The van der Waals surface area contributed by atoms with Crippen molar-refractivity contribution >= 4 is 34.1 Å².